The van der Waals surface area contributed by atoms with Gasteiger partial charge in [-0.2, -0.15) is 0 Å². The number of hydrogen-bond acceptors (Lipinski definition) is 3. The van der Waals surface area contributed by atoms with E-state index in [1.807, 2.05) is 49.4 Å². The second-order valence-corrected chi connectivity index (χ2v) is 7.13. The molecule has 0 aliphatic carbocycles. The summed E-state index contributed by atoms with van der Waals surface area (Å²) >= 11 is 0. The van der Waals surface area contributed by atoms with Gasteiger partial charge in [0.05, 0.1) is 16.6 Å². The molecule has 0 aliphatic rings. The first-order valence-electron chi connectivity index (χ1n) is 9.94. The molecule has 3 rings (SSSR count). The van der Waals surface area contributed by atoms with Crippen molar-refractivity contribution < 1.29 is 4.79 Å². The van der Waals surface area contributed by atoms with Gasteiger partial charge >= 0.3 is 0 Å². The van der Waals surface area contributed by atoms with Crippen molar-refractivity contribution in [3.63, 3.8) is 0 Å². The molecule has 0 atom stereocenters. The third-order valence-electron chi connectivity index (χ3n) is 4.96. The van der Waals surface area contributed by atoms with E-state index in [0.717, 1.165) is 25.7 Å². The Bertz CT molecular complexity index is 1030. The van der Waals surface area contributed by atoms with E-state index in [1.165, 1.54) is 0 Å². The summed E-state index contributed by atoms with van der Waals surface area (Å²) in [5.41, 5.74) is 1.97. The smallest absolute Gasteiger partial charge is 0.265 e. The van der Waals surface area contributed by atoms with Crippen molar-refractivity contribution in [3.8, 4) is 5.69 Å². The number of carbonyl (C=O) groups is 1. The Kier molecular flexibility index (Phi) is 6.24. The van der Waals surface area contributed by atoms with Crippen LogP contribution in [0.4, 0.5) is 5.69 Å². The highest BCUT2D eigenvalue weighted by Gasteiger charge is 2.17. The van der Waals surface area contributed by atoms with Gasteiger partial charge in [-0.15, -0.1) is 0 Å². The SMILES string of the molecule is CCCC(CCC)C(=O)Nc1cccc(-n2c(C)nc3ccccc3c2=O)c1. The second-order valence-electron chi connectivity index (χ2n) is 7.13. The molecule has 0 bridgehead atoms. The Balaban J connectivity index is 1.95. The second kappa shape index (κ2) is 8.83. The van der Waals surface area contributed by atoms with E-state index in [9.17, 15) is 9.59 Å². The number of aromatic nitrogens is 2. The quantitative estimate of drug-likeness (QED) is 0.640. The lowest BCUT2D eigenvalue weighted by Crippen LogP contribution is -2.24. The summed E-state index contributed by atoms with van der Waals surface area (Å²) in [5.74, 6) is 0.675. The maximum atomic E-state index is 13.0. The molecular formula is C23H27N3O2. The van der Waals surface area contributed by atoms with Crippen LogP contribution in [0.1, 0.15) is 45.4 Å². The topological polar surface area (TPSA) is 64.0 Å². The van der Waals surface area contributed by atoms with E-state index < -0.39 is 0 Å². The van der Waals surface area contributed by atoms with Crippen molar-refractivity contribution in [1.29, 1.82) is 0 Å². The number of para-hydroxylation sites is 1. The predicted octanol–water partition coefficient (Wildman–Crippen LogP) is 4.85. The standard InChI is InChI=1S/C23H27N3O2/c1-4-9-17(10-5-2)22(27)25-18-11-8-12-19(15-18)26-16(3)24-21-14-7-6-13-20(21)23(26)28/h6-8,11-15,17H,4-5,9-10H2,1-3H3,(H,25,27). The van der Waals surface area contributed by atoms with Gasteiger partial charge in [-0.3, -0.25) is 14.2 Å². The molecule has 1 aromatic heterocycles. The molecule has 5 nitrogen and oxygen atoms in total. The van der Waals surface area contributed by atoms with Gasteiger partial charge in [0.1, 0.15) is 5.82 Å². The Morgan fingerprint density at radius 1 is 1.07 bits per heavy atom. The van der Waals surface area contributed by atoms with Crippen LogP contribution in [0.25, 0.3) is 16.6 Å². The van der Waals surface area contributed by atoms with Gasteiger partial charge in [-0.25, -0.2) is 4.98 Å². The number of benzene rings is 2. The molecule has 1 N–H and O–H groups in total. The van der Waals surface area contributed by atoms with Gasteiger partial charge < -0.3 is 5.32 Å². The van der Waals surface area contributed by atoms with Crippen LogP contribution in [-0.2, 0) is 4.79 Å². The van der Waals surface area contributed by atoms with Crippen LogP contribution in [0.2, 0.25) is 0 Å². The molecule has 0 unspecified atom stereocenters. The van der Waals surface area contributed by atoms with Gasteiger partial charge in [0, 0.05) is 11.6 Å². The zero-order valence-corrected chi connectivity index (χ0v) is 16.7. The van der Waals surface area contributed by atoms with E-state index in [4.69, 9.17) is 0 Å². The number of aryl methyl sites for hydroxylation is 1. The fourth-order valence-electron chi connectivity index (χ4n) is 3.62. The number of nitrogens with one attached hydrogen (secondary N) is 1. The number of rotatable bonds is 7. The average Bonchev–Trinajstić information content (AvgIpc) is 2.68. The minimum absolute atomic E-state index is 0.0189. The highest BCUT2D eigenvalue weighted by molar-refractivity contribution is 5.92. The van der Waals surface area contributed by atoms with Crippen LogP contribution in [0, 0.1) is 12.8 Å². The average molecular weight is 377 g/mol. The molecular weight excluding hydrogens is 350 g/mol. The largest absolute Gasteiger partial charge is 0.326 e. The molecule has 28 heavy (non-hydrogen) atoms. The van der Waals surface area contributed by atoms with Gasteiger partial charge in [0.25, 0.3) is 5.56 Å². The van der Waals surface area contributed by atoms with Crippen LogP contribution in [0.5, 0.6) is 0 Å². The highest BCUT2D eigenvalue weighted by Crippen LogP contribution is 2.20. The number of anilines is 1. The lowest BCUT2D eigenvalue weighted by Gasteiger charge is -2.16. The minimum Gasteiger partial charge on any atom is -0.326 e. The van der Waals surface area contributed by atoms with Crippen LogP contribution < -0.4 is 10.9 Å². The van der Waals surface area contributed by atoms with E-state index in [-0.39, 0.29) is 17.4 Å². The first-order chi connectivity index (χ1) is 13.5. The van der Waals surface area contributed by atoms with Crippen LogP contribution in [0.3, 0.4) is 0 Å². The third kappa shape index (κ3) is 4.14. The Labute approximate surface area is 165 Å². The molecule has 0 aliphatic heterocycles. The van der Waals surface area contributed by atoms with Gasteiger partial charge in [0.2, 0.25) is 5.91 Å². The molecule has 1 amide bonds. The number of hydrogen-bond donors (Lipinski definition) is 1. The number of carbonyl (C=O) groups excluding carboxylic acids is 1. The van der Waals surface area contributed by atoms with Crippen molar-refractivity contribution in [1.82, 2.24) is 9.55 Å². The molecule has 0 fully saturated rings. The summed E-state index contributed by atoms with van der Waals surface area (Å²) in [4.78, 5) is 30.2. The van der Waals surface area contributed by atoms with Crippen molar-refractivity contribution >= 4 is 22.5 Å². The van der Waals surface area contributed by atoms with Gasteiger partial charge in [0.15, 0.2) is 0 Å². The van der Waals surface area contributed by atoms with Crippen molar-refractivity contribution in [2.75, 3.05) is 5.32 Å². The summed E-state index contributed by atoms with van der Waals surface area (Å²) in [6.45, 7) is 6.01. The molecule has 5 heteroatoms. The van der Waals surface area contributed by atoms with Crippen LogP contribution in [0.15, 0.2) is 53.3 Å². The molecule has 3 aromatic rings. The van der Waals surface area contributed by atoms with Crippen molar-refractivity contribution in [3.05, 3.63) is 64.7 Å². The van der Waals surface area contributed by atoms with Gasteiger partial charge in [-0.1, -0.05) is 44.9 Å². The maximum Gasteiger partial charge on any atom is 0.265 e. The first-order valence-corrected chi connectivity index (χ1v) is 9.94. The van der Waals surface area contributed by atoms with Gasteiger partial charge in [-0.05, 0) is 50.1 Å². The summed E-state index contributed by atoms with van der Waals surface area (Å²) in [5, 5.41) is 3.60. The maximum absolute atomic E-state index is 13.0. The predicted molar refractivity (Wildman–Crippen MR) is 114 cm³/mol. The zero-order valence-electron chi connectivity index (χ0n) is 16.7. The number of nitrogens with zero attached hydrogens (tertiary/aromatic N) is 2. The minimum atomic E-state index is -0.110. The fraction of sp³-hybridized carbons (Fsp3) is 0.348. The van der Waals surface area contributed by atoms with E-state index >= 15 is 0 Å². The van der Waals surface area contributed by atoms with Crippen molar-refractivity contribution in [2.24, 2.45) is 5.92 Å². The highest BCUT2D eigenvalue weighted by atomic mass is 16.2. The zero-order chi connectivity index (χ0) is 20.1. The van der Waals surface area contributed by atoms with E-state index in [1.54, 1.807) is 10.6 Å². The summed E-state index contributed by atoms with van der Waals surface area (Å²) in [6, 6.07) is 14.7. The van der Waals surface area contributed by atoms with Crippen LogP contribution >= 0.6 is 0 Å². The third-order valence-corrected chi connectivity index (χ3v) is 4.96. The molecule has 0 spiro atoms. The molecule has 146 valence electrons. The summed E-state index contributed by atoms with van der Waals surface area (Å²) in [6.07, 6.45) is 3.73. The molecule has 0 saturated carbocycles. The van der Waals surface area contributed by atoms with Crippen LogP contribution in [-0.4, -0.2) is 15.5 Å². The molecule has 2 aromatic carbocycles. The molecule has 1 heterocycles. The Morgan fingerprint density at radius 3 is 2.50 bits per heavy atom. The lowest BCUT2D eigenvalue weighted by atomic mass is 9.97. The van der Waals surface area contributed by atoms with Crippen molar-refractivity contribution in [2.45, 2.75) is 46.5 Å². The Hall–Kier alpha value is -2.95. The summed E-state index contributed by atoms with van der Waals surface area (Å²) in [7, 11) is 0. The monoisotopic (exact) mass is 377 g/mol. The van der Waals surface area contributed by atoms with E-state index in [0.29, 0.717) is 28.1 Å². The number of fused-ring (bicyclic) bond motifs is 1. The normalized spacial score (nSPS) is 11.1. The molecule has 0 saturated heterocycles. The van der Waals surface area contributed by atoms with E-state index in [2.05, 4.69) is 24.1 Å². The summed E-state index contributed by atoms with van der Waals surface area (Å²) < 4.78 is 1.59. The lowest BCUT2D eigenvalue weighted by molar-refractivity contribution is -0.120. The fourth-order valence-corrected chi connectivity index (χ4v) is 3.62. The first kappa shape index (κ1) is 19.8. The Morgan fingerprint density at radius 2 is 1.79 bits per heavy atom. The number of amides is 1. The molecule has 0 radical (unpaired) electrons.